The summed E-state index contributed by atoms with van der Waals surface area (Å²) in [4.78, 5) is 24.8. The van der Waals surface area contributed by atoms with Crippen molar-refractivity contribution >= 4 is 27.5 Å². The Bertz CT molecular complexity index is 699. The van der Waals surface area contributed by atoms with Gasteiger partial charge in [0, 0.05) is 19.4 Å². The van der Waals surface area contributed by atoms with Crippen molar-refractivity contribution in [3.63, 3.8) is 0 Å². The summed E-state index contributed by atoms with van der Waals surface area (Å²) < 4.78 is 32.2. The number of rotatable bonds is 7. The highest BCUT2D eigenvalue weighted by atomic mass is 32.2. The van der Waals surface area contributed by atoms with Gasteiger partial charge in [-0.25, -0.2) is 18.0 Å². The van der Waals surface area contributed by atoms with E-state index in [-0.39, 0.29) is 41.0 Å². The maximum Gasteiger partial charge on any atom is 0.240 e. The Balaban J connectivity index is 2.39. The molecule has 1 aliphatic rings. The molecular formula is C15H20N2O5S. The van der Waals surface area contributed by atoms with Crippen LogP contribution in [0.15, 0.2) is 23.1 Å². The minimum Gasteiger partial charge on any atom is -0.495 e. The molecule has 126 valence electrons. The lowest BCUT2D eigenvalue weighted by atomic mass is 10.2. The zero-order valence-electron chi connectivity index (χ0n) is 13.2. The van der Waals surface area contributed by atoms with Gasteiger partial charge < -0.3 is 4.74 Å². The summed E-state index contributed by atoms with van der Waals surface area (Å²) in [7, 11) is -2.30. The Morgan fingerprint density at radius 2 is 1.87 bits per heavy atom. The van der Waals surface area contributed by atoms with E-state index in [1.165, 1.54) is 25.3 Å². The number of nitrogens with one attached hydrogen (secondary N) is 1. The molecule has 8 heteroatoms. The van der Waals surface area contributed by atoms with Crippen LogP contribution < -0.4 is 14.4 Å². The van der Waals surface area contributed by atoms with E-state index in [0.29, 0.717) is 6.54 Å². The van der Waals surface area contributed by atoms with Gasteiger partial charge in [-0.3, -0.25) is 9.59 Å². The molecule has 0 saturated carbocycles. The summed E-state index contributed by atoms with van der Waals surface area (Å²) in [6, 6.07) is 4.14. The molecule has 0 aromatic heterocycles. The fourth-order valence-corrected chi connectivity index (χ4v) is 3.42. The fourth-order valence-electron chi connectivity index (χ4n) is 2.32. The molecule has 1 aromatic carbocycles. The fraction of sp³-hybridized carbons (Fsp3) is 0.467. The van der Waals surface area contributed by atoms with Crippen molar-refractivity contribution in [2.24, 2.45) is 0 Å². The number of amides is 2. The van der Waals surface area contributed by atoms with Crippen LogP contribution >= 0.6 is 0 Å². The first-order valence-corrected chi connectivity index (χ1v) is 8.92. The van der Waals surface area contributed by atoms with Crippen molar-refractivity contribution in [1.29, 1.82) is 0 Å². The molecule has 0 aliphatic carbocycles. The van der Waals surface area contributed by atoms with Crippen molar-refractivity contribution in [2.75, 3.05) is 18.6 Å². The van der Waals surface area contributed by atoms with E-state index in [4.69, 9.17) is 4.74 Å². The summed E-state index contributed by atoms with van der Waals surface area (Å²) in [5, 5.41) is 0. The number of carbonyl (C=O) groups excluding carboxylic acids is 2. The van der Waals surface area contributed by atoms with E-state index < -0.39 is 10.0 Å². The average molecular weight is 340 g/mol. The first kappa shape index (κ1) is 17.4. The quantitative estimate of drug-likeness (QED) is 0.599. The number of imide groups is 1. The van der Waals surface area contributed by atoms with E-state index in [2.05, 4.69) is 4.72 Å². The lowest BCUT2D eigenvalue weighted by Gasteiger charge is -2.18. The lowest BCUT2D eigenvalue weighted by Crippen LogP contribution is -2.30. The second-order valence-electron chi connectivity index (χ2n) is 5.21. The van der Waals surface area contributed by atoms with E-state index in [1.54, 1.807) is 0 Å². The molecule has 0 unspecified atom stereocenters. The summed E-state index contributed by atoms with van der Waals surface area (Å²) >= 11 is 0. The molecule has 1 heterocycles. The third-order valence-electron chi connectivity index (χ3n) is 3.58. The molecule has 1 fully saturated rings. The SMILES string of the molecule is CCCCNS(=O)(=O)c1ccc(OC)c(N2C(=O)CCC2=O)c1. The molecule has 1 saturated heterocycles. The second-order valence-corrected chi connectivity index (χ2v) is 6.97. The van der Waals surface area contributed by atoms with Crippen molar-refractivity contribution in [2.45, 2.75) is 37.5 Å². The number of hydrogen-bond acceptors (Lipinski definition) is 5. The number of unbranched alkanes of at least 4 members (excludes halogenated alkanes) is 1. The Labute approximate surface area is 135 Å². The molecule has 23 heavy (non-hydrogen) atoms. The largest absolute Gasteiger partial charge is 0.495 e. The van der Waals surface area contributed by atoms with Gasteiger partial charge in [0.05, 0.1) is 17.7 Å². The second kappa shape index (κ2) is 7.10. The van der Waals surface area contributed by atoms with Gasteiger partial charge in [-0.2, -0.15) is 0 Å². The maximum atomic E-state index is 12.3. The summed E-state index contributed by atoms with van der Waals surface area (Å²) in [5.41, 5.74) is 0.165. The van der Waals surface area contributed by atoms with E-state index in [9.17, 15) is 18.0 Å². The van der Waals surface area contributed by atoms with Crippen molar-refractivity contribution in [1.82, 2.24) is 4.72 Å². The van der Waals surface area contributed by atoms with Crippen LogP contribution in [-0.2, 0) is 19.6 Å². The number of hydrogen-bond donors (Lipinski definition) is 1. The molecule has 0 bridgehead atoms. The van der Waals surface area contributed by atoms with Gasteiger partial charge in [-0.15, -0.1) is 0 Å². The summed E-state index contributed by atoms with van der Waals surface area (Å²) in [6.07, 6.45) is 1.83. The zero-order valence-corrected chi connectivity index (χ0v) is 14.0. The number of nitrogens with zero attached hydrogens (tertiary/aromatic N) is 1. The number of anilines is 1. The minimum atomic E-state index is -3.70. The molecule has 2 amide bonds. The third-order valence-corrected chi connectivity index (χ3v) is 5.03. The third kappa shape index (κ3) is 3.70. The first-order valence-electron chi connectivity index (χ1n) is 7.44. The number of benzene rings is 1. The maximum absolute atomic E-state index is 12.3. The van der Waals surface area contributed by atoms with Gasteiger partial charge in [0.15, 0.2) is 0 Å². The van der Waals surface area contributed by atoms with E-state index in [1.807, 2.05) is 6.92 Å². The Kier molecular flexibility index (Phi) is 5.38. The predicted molar refractivity (Wildman–Crippen MR) is 84.8 cm³/mol. The van der Waals surface area contributed by atoms with Gasteiger partial charge in [0.1, 0.15) is 5.75 Å². The molecule has 0 spiro atoms. The summed E-state index contributed by atoms with van der Waals surface area (Å²) in [6.45, 7) is 2.30. The number of ether oxygens (including phenoxy) is 1. The highest BCUT2D eigenvalue weighted by molar-refractivity contribution is 7.89. The van der Waals surface area contributed by atoms with Crippen LogP contribution in [0.2, 0.25) is 0 Å². The van der Waals surface area contributed by atoms with Crippen LogP contribution in [0, 0.1) is 0 Å². The Morgan fingerprint density at radius 3 is 2.43 bits per heavy atom. The van der Waals surface area contributed by atoms with Gasteiger partial charge >= 0.3 is 0 Å². The van der Waals surface area contributed by atoms with Crippen LogP contribution in [-0.4, -0.2) is 33.9 Å². The molecule has 0 atom stereocenters. The Hall–Kier alpha value is -1.93. The molecular weight excluding hydrogens is 320 g/mol. The monoisotopic (exact) mass is 340 g/mol. The van der Waals surface area contributed by atoms with Crippen LogP contribution in [0.5, 0.6) is 5.75 Å². The van der Waals surface area contributed by atoms with Crippen LogP contribution in [0.4, 0.5) is 5.69 Å². The van der Waals surface area contributed by atoms with Gasteiger partial charge in [-0.05, 0) is 24.6 Å². The van der Waals surface area contributed by atoms with Crippen LogP contribution in [0.1, 0.15) is 32.6 Å². The van der Waals surface area contributed by atoms with E-state index >= 15 is 0 Å². The molecule has 7 nitrogen and oxygen atoms in total. The van der Waals surface area contributed by atoms with Crippen molar-refractivity contribution in [3.05, 3.63) is 18.2 Å². The molecule has 1 aromatic rings. The standard InChI is InChI=1S/C15H20N2O5S/c1-3-4-9-16-23(20,21)11-5-6-13(22-2)12(10-11)17-14(18)7-8-15(17)19/h5-6,10,16H,3-4,7-9H2,1-2H3. The molecule has 1 N–H and O–H groups in total. The topological polar surface area (TPSA) is 92.8 Å². The van der Waals surface area contributed by atoms with Gasteiger partial charge in [0.25, 0.3) is 0 Å². The minimum absolute atomic E-state index is 0.00287. The van der Waals surface area contributed by atoms with Crippen molar-refractivity contribution < 1.29 is 22.7 Å². The number of carbonyl (C=O) groups is 2. The van der Waals surface area contributed by atoms with E-state index in [0.717, 1.165) is 17.7 Å². The average Bonchev–Trinajstić information content (AvgIpc) is 2.85. The smallest absolute Gasteiger partial charge is 0.240 e. The highest BCUT2D eigenvalue weighted by Crippen LogP contribution is 2.34. The molecule has 1 aliphatic heterocycles. The van der Waals surface area contributed by atoms with Crippen molar-refractivity contribution in [3.8, 4) is 5.75 Å². The van der Waals surface area contributed by atoms with Gasteiger partial charge in [-0.1, -0.05) is 13.3 Å². The highest BCUT2D eigenvalue weighted by Gasteiger charge is 2.33. The number of methoxy groups -OCH3 is 1. The summed E-state index contributed by atoms with van der Waals surface area (Å²) in [5.74, 6) is -0.440. The normalized spacial score (nSPS) is 15.3. The van der Waals surface area contributed by atoms with Crippen LogP contribution in [0.3, 0.4) is 0 Å². The number of sulfonamides is 1. The first-order chi connectivity index (χ1) is 10.9. The Morgan fingerprint density at radius 1 is 1.22 bits per heavy atom. The predicted octanol–water partition coefficient (Wildman–Crippen LogP) is 1.43. The van der Waals surface area contributed by atoms with Gasteiger partial charge in [0.2, 0.25) is 21.8 Å². The molecule has 0 radical (unpaired) electrons. The lowest BCUT2D eigenvalue weighted by molar-refractivity contribution is -0.121. The molecule has 2 rings (SSSR count). The van der Waals surface area contributed by atoms with Crippen LogP contribution in [0.25, 0.3) is 0 Å². The zero-order chi connectivity index (χ0) is 17.0.